The highest BCUT2D eigenvalue weighted by atomic mass is 32.2. The molecule has 10 nitrogen and oxygen atoms in total. The number of imide groups is 1. The summed E-state index contributed by atoms with van der Waals surface area (Å²) in [5.74, 6) is -1.28. The van der Waals surface area contributed by atoms with Crippen molar-refractivity contribution in [2.24, 2.45) is 0 Å². The molecule has 0 spiro atoms. The molecule has 0 saturated heterocycles. The van der Waals surface area contributed by atoms with E-state index in [1.807, 2.05) is 5.32 Å². The van der Waals surface area contributed by atoms with Gasteiger partial charge in [-0.25, -0.2) is 18.0 Å². The number of nitrogens with one attached hydrogen (secondary N) is 2. The Morgan fingerprint density at radius 3 is 2.40 bits per heavy atom. The second-order valence-corrected chi connectivity index (χ2v) is 9.03. The molecule has 1 atom stereocenters. The van der Waals surface area contributed by atoms with Gasteiger partial charge in [0.05, 0.1) is 5.69 Å². The molecule has 12 heteroatoms. The highest BCUT2D eigenvalue weighted by molar-refractivity contribution is 7.94. The van der Waals surface area contributed by atoms with E-state index in [0.29, 0.717) is 11.4 Å². The van der Waals surface area contributed by atoms with Crippen LogP contribution in [0.3, 0.4) is 0 Å². The van der Waals surface area contributed by atoms with E-state index in [1.165, 1.54) is 51.4 Å². The number of rotatable bonds is 8. The summed E-state index contributed by atoms with van der Waals surface area (Å²) in [7, 11) is -0.870. The molecule has 3 amide bonds. The number of carbonyl (C=O) groups excluding carboxylic acids is 3. The van der Waals surface area contributed by atoms with Gasteiger partial charge < -0.3 is 14.8 Å². The van der Waals surface area contributed by atoms with E-state index in [1.54, 1.807) is 11.4 Å². The van der Waals surface area contributed by atoms with Gasteiger partial charge in [-0.05, 0) is 42.6 Å². The van der Waals surface area contributed by atoms with Crippen molar-refractivity contribution in [3.8, 4) is 5.75 Å². The van der Waals surface area contributed by atoms with E-state index in [-0.39, 0.29) is 4.21 Å². The molecule has 1 aromatic heterocycles. The van der Waals surface area contributed by atoms with Crippen LogP contribution in [0.25, 0.3) is 0 Å². The van der Waals surface area contributed by atoms with Crippen molar-refractivity contribution in [2.45, 2.75) is 17.2 Å². The third kappa shape index (κ3) is 5.94. The van der Waals surface area contributed by atoms with Gasteiger partial charge in [0.15, 0.2) is 12.7 Å². The minimum atomic E-state index is -3.65. The minimum absolute atomic E-state index is 0.225. The summed E-state index contributed by atoms with van der Waals surface area (Å²) in [4.78, 5) is 34.5. The highest BCUT2D eigenvalue weighted by Gasteiger charge is 2.22. The lowest BCUT2D eigenvalue weighted by Crippen LogP contribution is -2.43. The molecule has 2 N–H and O–H groups in total. The maximum Gasteiger partial charge on any atom is 0.344 e. The first-order chi connectivity index (χ1) is 14.1. The van der Waals surface area contributed by atoms with E-state index in [4.69, 9.17) is 9.47 Å². The quantitative estimate of drug-likeness (QED) is 0.574. The predicted octanol–water partition coefficient (Wildman–Crippen LogP) is 1.34. The molecule has 2 aromatic rings. The second-order valence-electron chi connectivity index (χ2n) is 5.89. The van der Waals surface area contributed by atoms with E-state index >= 15 is 0 Å². The topological polar surface area (TPSA) is 131 Å². The van der Waals surface area contributed by atoms with Crippen molar-refractivity contribution < 1.29 is 32.3 Å². The lowest BCUT2D eigenvalue weighted by atomic mass is 10.3. The standard InChI is InChI=1S/C18H21N3O7S2/c1-12(17(23)20-18(24)19-2)28-15(22)11-27-14-8-6-13(7-9-14)21(3)30(25,26)16-5-4-10-29-16/h4-10,12H,11H2,1-3H3,(H2,19,20,23,24). The summed E-state index contributed by atoms with van der Waals surface area (Å²) in [6.07, 6.45) is -1.18. The number of amides is 3. The number of anilines is 1. The Morgan fingerprint density at radius 2 is 1.83 bits per heavy atom. The third-order valence-corrected chi connectivity index (χ3v) is 6.97. The van der Waals surface area contributed by atoms with Gasteiger partial charge in [-0.3, -0.25) is 14.4 Å². The number of hydrogen-bond acceptors (Lipinski definition) is 8. The number of nitrogens with zero attached hydrogens (tertiary/aromatic N) is 1. The van der Waals surface area contributed by atoms with Gasteiger partial charge >= 0.3 is 12.0 Å². The molecule has 162 valence electrons. The molecular formula is C18H21N3O7S2. The number of sulfonamides is 1. The number of carbonyl (C=O) groups is 3. The molecule has 0 aliphatic rings. The Balaban J connectivity index is 1.89. The molecular weight excluding hydrogens is 434 g/mol. The van der Waals surface area contributed by atoms with E-state index < -0.39 is 40.6 Å². The number of ether oxygens (including phenoxy) is 2. The van der Waals surface area contributed by atoms with Crippen molar-refractivity contribution in [1.82, 2.24) is 10.6 Å². The van der Waals surface area contributed by atoms with Gasteiger partial charge in [-0.15, -0.1) is 11.3 Å². The van der Waals surface area contributed by atoms with E-state index in [0.717, 1.165) is 15.6 Å². The Labute approximate surface area is 177 Å². The number of urea groups is 1. The van der Waals surface area contributed by atoms with Crippen LogP contribution in [0.5, 0.6) is 5.75 Å². The fourth-order valence-corrected chi connectivity index (χ4v) is 4.50. The average molecular weight is 456 g/mol. The summed E-state index contributed by atoms with van der Waals surface area (Å²) < 4.78 is 36.6. The fourth-order valence-electron chi connectivity index (χ4n) is 2.14. The SMILES string of the molecule is CNC(=O)NC(=O)C(C)OC(=O)COc1ccc(N(C)S(=O)(=O)c2cccs2)cc1. The highest BCUT2D eigenvalue weighted by Crippen LogP contribution is 2.26. The first-order valence-corrected chi connectivity index (χ1v) is 10.9. The van der Waals surface area contributed by atoms with Gasteiger partial charge in [-0.1, -0.05) is 6.07 Å². The summed E-state index contributed by atoms with van der Waals surface area (Å²) in [6, 6.07) is 8.54. The molecule has 0 fully saturated rings. The molecule has 0 aliphatic carbocycles. The number of esters is 1. The number of thiophene rings is 1. The van der Waals surface area contributed by atoms with Crippen LogP contribution in [-0.2, 0) is 24.3 Å². The maximum absolute atomic E-state index is 12.5. The van der Waals surface area contributed by atoms with Crippen LogP contribution in [0, 0.1) is 0 Å². The van der Waals surface area contributed by atoms with Crippen LogP contribution in [0.2, 0.25) is 0 Å². The van der Waals surface area contributed by atoms with E-state index in [2.05, 4.69) is 5.32 Å². The molecule has 1 unspecified atom stereocenters. The molecule has 2 rings (SSSR count). The van der Waals surface area contributed by atoms with Crippen LogP contribution < -0.4 is 19.7 Å². The summed E-state index contributed by atoms with van der Waals surface area (Å²) in [6.45, 7) is 0.842. The molecule has 0 aliphatic heterocycles. The smallest absolute Gasteiger partial charge is 0.344 e. The molecule has 1 heterocycles. The molecule has 0 saturated carbocycles. The van der Waals surface area contributed by atoms with Gasteiger partial charge in [0.2, 0.25) is 0 Å². The Hall–Kier alpha value is -3.12. The Bertz CT molecular complexity index is 989. The van der Waals surface area contributed by atoms with Crippen LogP contribution in [0.4, 0.5) is 10.5 Å². The molecule has 0 radical (unpaired) electrons. The maximum atomic E-state index is 12.5. The van der Waals surface area contributed by atoms with Crippen LogP contribution >= 0.6 is 11.3 Å². The zero-order valence-electron chi connectivity index (χ0n) is 16.4. The van der Waals surface area contributed by atoms with Gasteiger partial charge in [0.25, 0.3) is 15.9 Å². The lowest BCUT2D eigenvalue weighted by molar-refractivity contribution is -0.156. The van der Waals surface area contributed by atoms with E-state index in [9.17, 15) is 22.8 Å². The minimum Gasteiger partial charge on any atom is -0.482 e. The van der Waals surface area contributed by atoms with Crippen LogP contribution in [0.1, 0.15) is 6.92 Å². The van der Waals surface area contributed by atoms with Crippen LogP contribution in [-0.4, -0.2) is 53.1 Å². The second kappa shape index (κ2) is 10.1. The summed E-state index contributed by atoms with van der Waals surface area (Å²) in [5, 5.41) is 5.87. The third-order valence-electron chi connectivity index (χ3n) is 3.81. The van der Waals surface area contributed by atoms with Gasteiger partial charge in [0, 0.05) is 14.1 Å². The van der Waals surface area contributed by atoms with Gasteiger partial charge in [-0.2, -0.15) is 0 Å². The first kappa shape index (κ1) is 23.2. The predicted molar refractivity (Wildman–Crippen MR) is 110 cm³/mol. The van der Waals surface area contributed by atoms with Crippen molar-refractivity contribution >= 4 is 45.0 Å². The largest absolute Gasteiger partial charge is 0.482 e. The molecule has 1 aromatic carbocycles. The summed E-state index contributed by atoms with van der Waals surface area (Å²) >= 11 is 1.12. The number of hydrogen-bond donors (Lipinski definition) is 2. The molecule has 30 heavy (non-hydrogen) atoms. The fraction of sp³-hybridized carbons (Fsp3) is 0.278. The van der Waals surface area contributed by atoms with Crippen LogP contribution in [0.15, 0.2) is 46.0 Å². The van der Waals surface area contributed by atoms with Crippen molar-refractivity contribution in [2.75, 3.05) is 25.0 Å². The zero-order valence-corrected chi connectivity index (χ0v) is 18.1. The Morgan fingerprint density at radius 1 is 1.17 bits per heavy atom. The van der Waals surface area contributed by atoms with Crippen molar-refractivity contribution in [1.29, 1.82) is 0 Å². The van der Waals surface area contributed by atoms with Gasteiger partial charge in [0.1, 0.15) is 9.96 Å². The Kier molecular flexibility index (Phi) is 7.78. The normalized spacial score (nSPS) is 11.8. The first-order valence-electron chi connectivity index (χ1n) is 8.62. The number of benzene rings is 1. The average Bonchev–Trinajstić information content (AvgIpc) is 3.27. The van der Waals surface area contributed by atoms with Crippen molar-refractivity contribution in [3.05, 3.63) is 41.8 Å². The summed E-state index contributed by atoms with van der Waals surface area (Å²) in [5.41, 5.74) is 0.415. The monoisotopic (exact) mass is 455 g/mol. The van der Waals surface area contributed by atoms with Crippen molar-refractivity contribution in [3.63, 3.8) is 0 Å². The molecule has 0 bridgehead atoms. The lowest BCUT2D eigenvalue weighted by Gasteiger charge is -2.18. The zero-order chi connectivity index (χ0) is 22.3.